The lowest BCUT2D eigenvalue weighted by molar-refractivity contribution is -0.125. The van der Waals surface area contributed by atoms with Crippen LogP contribution < -0.4 is 10.6 Å². The molecule has 21 heavy (non-hydrogen) atoms. The van der Waals surface area contributed by atoms with Gasteiger partial charge < -0.3 is 15.5 Å². The Kier molecular flexibility index (Phi) is 5.31. The molecule has 1 heterocycles. The summed E-state index contributed by atoms with van der Waals surface area (Å²) in [5.41, 5.74) is 0.561. The van der Waals surface area contributed by atoms with Gasteiger partial charge in [0.15, 0.2) is 0 Å². The van der Waals surface area contributed by atoms with Crippen LogP contribution in [0, 0.1) is 5.92 Å². The minimum absolute atomic E-state index is 0.0142. The summed E-state index contributed by atoms with van der Waals surface area (Å²) in [4.78, 5) is 25.4. The van der Waals surface area contributed by atoms with Crippen LogP contribution in [-0.4, -0.2) is 37.0 Å². The summed E-state index contributed by atoms with van der Waals surface area (Å²) in [5, 5.41) is 6.35. The van der Waals surface area contributed by atoms with Crippen molar-refractivity contribution in [3.05, 3.63) is 28.2 Å². The molecule has 1 aliphatic heterocycles. The fourth-order valence-electron chi connectivity index (χ4n) is 2.38. The highest BCUT2D eigenvalue weighted by Crippen LogP contribution is 2.23. The highest BCUT2D eigenvalue weighted by atomic mass is 35.5. The van der Waals surface area contributed by atoms with Gasteiger partial charge in [-0.05, 0) is 31.0 Å². The normalized spacial score (nSPS) is 15.7. The number of nitrogens with zero attached hydrogens (tertiary/aromatic N) is 1. The van der Waals surface area contributed by atoms with Gasteiger partial charge in [-0.2, -0.15) is 0 Å². The zero-order chi connectivity index (χ0) is 15.4. The second-order valence-electron chi connectivity index (χ2n) is 4.96. The van der Waals surface area contributed by atoms with Crippen LogP contribution in [0.2, 0.25) is 10.0 Å². The van der Waals surface area contributed by atoms with Gasteiger partial charge in [0.05, 0.1) is 0 Å². The van der Waals surface area contributed by atoms with Crippen LogP contribution >= 0.6 is 23.2 Å². The predicted octanol–water partition coefficient (Wildman–Crippen LogP) is 2.98. The average Bonchev–Trinajstić information content (AvgIpc) is 2.45. The molecule has 0 aliphatic carbocycles. The Balaban J connectivity index is 1.91. The van der Waals surface area contributed by atoms with Gasteiger partial charge >= 0.3 is 6.03 Å². The first kappa shape index (κ1) is 15.9. The predicted molar refractivity (Wildman–Crippen MR) is 83.8 cm³/mol. The van der Waals surface area contributed by atoms with Crippen molar-refractivity contribution in [2.24, 2.45) is 5.92 Å². The summed E-state index contributed by atoms with van der Waals surface area (Å²) in [5.74, 6) is 0.0244. The van der Waals surface area contributed by atoms with Crippen LogP contribution in [0.4, 0.5) is 10.5 Å². The molecule has 5 nitrogen and oxygen atoms in total. The molecule has 0 spiro atoms. The first-order valence-electron chi connectivity index (χ1n) is 6.73. The first-order chi connectivity index (χ1) is 9.99. The Hall–Kier alpha value is -1.46. The number of rotatable bonds is 2. The van der Waals surface area contributed by atoms with E-state index in [2.05, 4.69) is 10.6 Å². The maximum absolute atomic E-state index is 12.2. The maximum Gasteiger partial charge on any atom is 0.321 e. The van der Waals surface area contributed by atoms with E-state index in [9.17, 15) is 9.59 Å². The number of benzene rings is 1. The van der Waals surface area contributed by atoms with E-state index in [0.29, 0.717) is 41.7 Å². The van der Waals surface area contributed by atoms with Crippen LogP contribution in [0.15, 0.2) is 18.2 Å². The number of nitrogens with one attached hydrogen (secondary N) is 2. The summed E-state index contributed by atoms with van der Waals surface area (Å²) < 4.78 is 0. The molecule has 2 N–H and O–H groups in total. The molecule has 7 heteroatoms. The largest absolute Gasteiger partial charge is 0.359 e. The lowest BCUT2D eigenvalue weighted by Crippen LogP contribution is -2.44. The number of halogens is 2. The number of hydrogen-bond acceptors (Lipinski definition) is 2. The average molecular weight is 330 g/mol. The molecular weight excluding hydrogens is 313 g/mol. The second kappa shape index (κ2) is 7.00. The summed E-state index contributed by atoms with van der Waals surface area (Å²) in [7, 11) is 1.63. The molecule has 0 bridgehead atoms. The minimum Gasteiger partial charge on any atom is -0.359 e. The van der Waals surface area contributed by atoms with Crippen molar-refractivity contribution in [3.63, 3.8) is 0 Å². The van der Waals surface area contributed by atoms with E-state index in [1.54, 1.807) is 30.1 Å². The summed E-state index contributed by atoms with van der Waals surface area (Å²) in [6.45, 7) is 1.11. The number of likely N-dealkylation sites (tertiary alicyclic amines) is 1. The highest BCUT2D eigenvalue weighted by Gasteiger charge is 2.26. The quantitative estimate of drug-likeness (QED) is 0.876. The van der Waals surface area contributed by atoms with Crippen molar-refractivity contribution in [1.29, 1.82) is 0 Å². The van der Waals surface area contributed by atoms with Gasteiger partial charge in [0.25, 0.3) is 0 Å². The number of carbonyl (C=O) groups is 2. The summed E-state index contributed by atoms with van der Waals surface area (Å²) in [6, 6.07) is 4.68. The van der Waals surface area contributed by atoms with Crippen molar-refractivity contribution >= 4 is 40.8 Å². The fraction of sp³-hybridized carbons (Fsp3) is 0.429. The molecule has 0 saturated carbocycles. The van der Waals surface area contributed by atoms with Gasteiger partial charge in [-0.15, -0.1) is 0 Å². The molecule has 3 amide bonds. The first-order valence-corrected chi connectivity index (χ1v) is 7.49. The minimum atomic E-state index is -0.205. The van der Waals surface area contributed by atoms with Crippen molar-refractivity contribution < 1.29 is 9.59 Å². The van der Waals surface area contributed by atoms with Gasteiger partial charge in [-0.3, -0.25) is 4.79 Å². The lowest BCUT2D eigenvalue weighted by Gasteiger charge is -2.31. The van der Waals surface area contributed by atoms with Gasteiger partial charge in [0.1, 0.15) is 0 Å². The molecule has 1 aromatic carbocycles. The molecule has 0 atom stereocenters. The van der Waals surface area contributed by atoms with Crippen LogP contribution in [0.5, 0.6) is 0 Å². The van der Waals surface area contributed by atoms with Gasteiger partial charge in [0, 0.05) is 41.8 Å². The van der Waals surface area contributed by atoms with E-state index in [1.165, 1.54) is 0 Å². The number of piperidine rings is 1. The molecule has 1 aliphatic rings. The monoisotopic (exact) mass is 329 g/mol. The van der Waals surface area contributed by atoms with E-state index >= 15 is 0 Å². The lowest BCUT2D eigenvalue weighted by atomic mass is 9.96. The number of anilines is 1. The molecule has 2 rings (SSSR count). The Bertz CT molecular complexity index is 523. The Morgan fingerprint density at radius 2 is 1.71 bits per heavy atom. The standard InChI is InChI=1S/C14H17Cl2N3O2/c1-17-13(20)9-2-4-19(5-3-9)14(21)18-12-7-10(15)6-11(16)8-12/h6-9H,2-5H2,1H3,(H,17,20)(H,18,21). The fourth-order valence-corrected chi connectivity index (χ4v) is 2.90. The van der Waals surface area contributed by atoms with Gasteiger partial charge in [-0.25, -0.2) is 4.79 Å². The van der Waals surface area contributed by atoms with E-state index in [4.69, 9.17) is 23.2 Å². The Morgan fingerprint density at radius 3 is 2.24 bits per heavy atom. The molecule has 1 fully saturated rings. The summed E-state index contributed by atoms with van der Waals surface area (Å²) in [6.07, 6.45) is 1.34. The van der Waals surface area contributed by atoms with Crippen LogP contribution in [0.3, 0.4) is 0 Å². The van der Waals surface area contributed by atoms with Crippen LogP contribution in [-0.2, 0) is 4.79 Å². The third-order valence-corrected chi connectivity index (χ3v) is 3.95. The molecule has 0 radical (unpaired) electrons. The number of carbonyl (C=O) groups excluding carboxylic acids is 2. The SMILES string of the molecule is CNC(=O)C1CCN(C(=O)Nc2cc(Cl)cc(Cl)c2)CC1. The van der Waals surface area contributed by atoms with Crippen LogP contribution in [0.1, 0.15) is 12.8 Å². The molecule has 0 unspecified atom stereocenters. The Labute approximate surface area is 133 Å². The number of hydrogen-bond donors (Lipinski definition) is 2. The smallest absolute Gasteiger partial charge is 0.321 e. The van der Waals surface area contributed by atoms with Crippen LogP contribution in [0.25, 0.3) is 0 Å². The second-order valence-corrected chi connectivity index (χ2v) is 5.84. The molecule has 0 aromatic heterocycles. The third kappa shape index (κ3) is 4.25. The van der Waals surface area contributed by atoms with E-state index < -0.39 is 0 Å². The van der Waals surface area contributed by atoms with Crippen molar-refractivity contribution in [3.8, 4) is 0 Å². The molecule has 114 valence electrons. The molecule has 1 saturated heterocycles. The van der Waals surface area contributed by atoms with Crippen molar-refractivity contribution in [1.82, 2.24) is 10.2 Å². The van der Waals surface area contributed by atoms with E-state index in [-0.39, 0.29) is 17.9 Å². The topological polar surface area (TPSA) is 61.4 Å². The third-order valence-electron chi connectivity index (χ3n) is 3.51. The zero-order valence-corrected chi connectivity index (χ0v) is 13.2. The van der Waals surface area contributed by atoms with E-state index in [0.717, 1.165) is 0 Å². The molecule has 1 aromatic rings. The Morgan fingerprint density at radius 1 is 1.14 bits per heavy atom. The highest BCUT2D eigenvalue weighted by molar-refractivity contribution is 6.35. The number of urea groups is 1. The maximum atomic E-state index is 12.2. The van der Waals surface area contributed by atoms with Gasteiger partial charge in [0.2, 0.25) is 5.91 Å². The molecular formula is C14H17Cl2N3O2. The zero-order valence-electron chi connectivity index (χ0n) is 11.7. The summed E-state index contributed by atoms with van der Waals surface area (Å²) >= 11 is 11.8. The number of amides is 3. The van der Waals surface area contributed by atoms with Crippen molar-refractivity contribution in [2.45, 2.75) is 12.8 Å². The van der Waals surface area contributed by atoms with Gasteiger partial charge in [-0.1, -0.05) is 23.2 Å². The van der Waals surface area contributed by atoms with E-state index in [1.807, 2.05) is 0 Å². The van der Waals surface area contributed by atoms with Crippen molar-refractivity contribution in [2.75, 3.05) is 25.5 Å².